The van der Waals surface area contributed by atoms with Crippen LogP contribution in [0.25, 0.3) is 0 Å². The molecule has 2 nitrogen and oxygen atoms in total. The van der Waals surface area contributed by atoms with Gasteiger partial charge < -0.3 is 4.42 Å². The predicted molar refractivity (Wildman–Crippen MR) is 75.8 cm³/mol. The molecule has 2 rings (SSSR count). The average molecular weight is 241 g/mol. The average Bonchev–Trinajstić information content (AvgIpc) is 2.82. The molecule has 0 aliphatic rings. The van der Waals surface area contributed by atoms with Gasteiger partial charge in [-0.2, -0.15) is 0 Å². The Morgan fingerprint density at radius 2 is 1.89 bits per heavy atom. The molecule has 1 aromatic carbocycles. The van der Waals surface area contributed by atoms with Crippen molar-refractivity contribution in [1.82, 2.24) is 0 Å². The van der Waals surface area contributed by atoms with E-state index in [0.717, 1.165) is 23.6 Å². The van der Waals surface area contributed by atoms with Crippen molar-refractivity contribution in [2.24, 2.45) is 4.99 Å². The van der Waals surface area contributed by atoms with Gasteiger partial charge in [0.2, 0.25) is 0 Å². The van der Waals surface area contributed by atoms with Crippen LogP contribution in [0, 0.1) is 6.92 Å². The molecule has 0 saturated heterocycles. The van der Waals surface area contributed by atoms with Gasteiger partial charge in [-0.3, -0.25) is 4.99 Å². The van der Waals surface area contributed by atoms with E-state index in [1.54, 1.807) is 6.21 Å². The van der Waals surface area contributed by atoms with E-state index in [0.29, 0.717) is 5.92 Å². The maximum absolute atomic E-state index is 5.44. The summed E-state index contributed by atoms with van der Waals surface area (Å²) in [5.41, 5.74) is 2.32. The zero-order chi connectivity index (χ0) is 13.0. The molecule has 0 amide bonds. The fourth-order valence-electron chi connectivity index (χ4n) is 1.79. The van der Waals surface area contributed by atoms with Gasteiger partial charge in [0, 0.05) is 0 Å². The summed E-state index contributed by atoms with van der Waals surface area (Å²) in [6, 6.07) is 12.3. The third-order valence-electron chi connectivity index (χ3n) is 3.18. The number of rotatable bonds is 4. The highest BCUT2D eigenvalue weighted by atomic mass is 16.3. The summed E-state index contributed by atoms with van der Waals surface area (Å²) in [5.74, 6) is 2.30. The molecule has 1 heterocycles. The minimum absolute atomic E-state index is 0.607. The van der Waals surface area contributed by atoms with Crippen LogP contribution in [-0.4, -0.2) is 6.21 Å². The maximum atomic E-state index is 5.44. The lowest BCUT2D eigenvalue weighted by Crippen LogP contribution is -1.89. The number of hydrogen-bond acceptors (Lipinski definition) is 2. The molecule has 0 saturated carbocycles. The Morgan fingerprint density at radius 3 is 2.44 bits per heavy atom. The third-order valence-corrected chi connectivity index (χ3v) is 3.18. The Morgan fingerprint density at radius 1 is 1.17 bits per heavy atom. The fourth-order valence-corrected chi connectivity index (χ4v) is 1.79. The largest absolute Gasteiger partial charge is 0.460 e. The molecule has 0 aliphatic heterocycles. The Balaban J connectivity index is 2.08. The first-order chi connectivity index (χ1) is 8.69. The summed E-state index contributed by atoms with van der Waals surface area (Å²) in [5, 5.41) is 0. The summed E-state index contributed by atoms with van der Waals surface area (Å²) in [7, 11) is 0. The van der Waals surface area contributed by atoms with E-state index < -0.39 is 0 Å². The van der Waals surface area contributed by atoms with Crippen molar-refractivity contribution in [2.45, 2.75) is 33.1 Å². The molecule has 1 atom stereocenters. The summed E-state index contributed by atoms with van der Waals surface area (Å²) in [6.45, 7) is 6.37. The van der Waals surface area contributed by atoms with Crippen LogP contribution in [-0.2, 0) is 0 Å². The first-order valence-electron chi connectivity index (χ1n) is 6.39. The van der Waals surface area contributed by atoms with Crippen LogP contribution in [0.4, 0.5) is 5.69 Å². The van der Waals surface area contributed by atoms with E-state index in [9.17, 15) is 0 Å². The van der Waals surface area contributed by atoms with E-state index in [1.807, 2.05) is 31.2 Å². The van der Waals surface area contributed by atoms with Gasteiger partial charge in [0.25, 0.3) is 0 Å². The highest BCUT2D eigenvalue weighted by Gasteiger charge is 2.01. The lowest BCUT2D eigenvalue weighted by atomic mass is 9.99. The SMILES string of the molecule is CCC(C)c1ccc(N=Cc2ccc(C)o2)cc1. The van der Waals surface area contributed by atoms with Crippen molar-refractivity contribution >= 4 is 11.9 Å². The smallest absolute Gasteiger partial charge is 0.145 e. The fraction of sp³-hybridized carbons (Fsp3) is 0.312. The second kappa shape index (κ2) is 5.67. The molecule has 0 N–H and O–H groups in total. The van der Waals surface area contributed by atoms with Gasteiger partial charge >= 0.3 is 0 Å². The Labute approximate surface area is 108 Å². The first kappa shape index (κ1) is 12.6. The summed E-state index contributed by atoms with van der Waals surface area (Å²) in [6.07, 6.45) is 2.92. The molecular weight excluding hydrogens is 222 g/mol. The molecule has 0 bridgehead atoms. The number of benzene rings is 1. The number of hydrogen-bond donors (Lipinski definition) is 0. The van der Waals surface area contributed by atoms with Gasteiger partial charge in [0.1, 0.15) is 11.5 Å². The molecule has 18 heavy (non-hydrogen) atoms. The number of nitrogens with zero attached hydrogens (tertiary/aromatic N) is 1. The molecule has 0 aliphatic carbocycles. The van der Waals surface area contributed by atoms with Crippen LogP contribution in [0.5, 0.6) is 0 Å². The van der Waals surface area contributed by atoms with Crippen molar-refractivity contribution in [1.29, 1.82) is 0 Å². The van der Waals surface area contributed by atoms with E-state index in [1.165, 1.54) is 5.56 Å². The topological polar surface area (TPSA) is 25.5 Å². The molecule has 2 heteroatoms. The van der Waals surface area contributed by atoms with Crippen LogP contribution in [0.15, 0.2) is 45.8 Å². The van der Waals surface area contributed by atoms with Gasteiger partial charge in [0.05, 0.1) is 11.9 Å². The molecule has 0 radical (unpaired) electrons. The Kier molecular flexibility index (Phi) is 3.98. The highest BCUT2D eigenvalue weighted by molar-refractivity contribution is 5.78. The lowest BCUT2D eigenvalue weighted by molar-refractivity contribution is 0.528. The van der Waals surface area contributed by atoms with Crippen molar-refractivity contribution in [3.8, 4) is 0 Å². The summed E-state index contributed by atoms with van der Waals surface area (Å²) < 4.78 is 5.44. The molecule has 1 aromatic heterocycles. The van der Waals surface area contributed by atoms with Crippen molar-refractivity contribution in [2.75, 3.05) is 0 Å². The Bertz CT molecular complexity index is 522. The number of aryl methyl sites for hydroxylation is 1. The highest BCUT2D eigenvalue weighted by Crippen LogP contribution is 2.21. The number of furan rings is 1. The predicted octanol–water partition coefficient (Wildman–Crippen LogP) is 4.85. The maximum Gasteiger partial charge on any atom is 0.145 e. The van der Waals surface area contributed by atoms with E-state index in [2.05, 4.69) is 31.0 Å². The quantitative estimate of drug-likeness (QED) is 0.702. The van der Waals surface area contributed by atoms with Crippen molar-refractivity contribution in [3.63, 3.8) is 0 Å². The monoisotopic (exact) mass is 241 g/mol. The Hall–Kier alpha value is -1.83. The third kappa shape index (κ3) is 3.10. The molecule has 94 valence electrons. The summed E-state index contributed by atoms with van der Waals surface area (Å²) in [4.78, 5) is 4.40. The van der Waals surface area contributed by atoms with Crippen LogP contribution in [0.3, 0.4) is 0 Å². The lowest BCUT2D eigenvalue weighted by Gasteiger charge is -2.08. The van der Waals surface area contributed by atoms with Gasteiger partial charge in [-0.15, -0.1) is 0 Å². The van der Waals surface area contributed by atoms with E-state index >= 15 is 0 Å². The van der Waals surface area contributed by atoms with Gasteiger partial charge in [0.15, 0.2) is 0 Å². The minimum Gasteiger partial charge on any atom is -0.460 e. The molecule has 1 unspecified atom stereocenters. The molecule has 0 spiro atoms. The van der Waals surface area contributed by atoms with Gasteiger partial charge in [-0.05, 0) is 49.1 Å². The van der Waals surface area contributed by atoms with E-state index in [4.69, 9.17) is 4.42 Å². The summed E-state index contributed by atoms with van der Waals surface area (Å²) >= 11 is 0. The van der Waals surface area contributed by atoms with Gasteiger partial charge in [-0.1, -0.05) is 26.0 Å². The molecule has 0 fully saturated rings. The van der Waals surface area contributed by atoms with Crippen LogP contribution in [0.1, 0.15) is 43.3 Å². The second-order valence-corrected chi connectivity index (χ2v) is 4.61. The van der Waals surface area contributed by atoms with E-state index in [-0.39, 0.29) is 0 Å². The standard InChI is InChI=1S/C16H19NO/c1-4-12(2)14-6-8-15(9-7-14)17-11-16-10-5-13(3)18-16/h5-12H,4H2,1-3H3. The second-order valence-electron chi connectivity index (χ2n) is 4.61. The minimum atomic E-state index is 0.607. The molecule has 2 aromatic rings. The number of aliphatic imine (C=N–C) groups is 1. The van der Waals surface area contributed by atoms with Crippen molar-refractivity contribution < 1.29 is 4.42 Å². The van der Waals surface area contributed by atoms with Crippen LogP contribution < -0.4 is 0 Å². The van der Waals surface area contributed by atoms with Crippen molar-refractivity contribution in [3.05, 3.63) is 53.5 Å². The zero-order valence-corrected chi connectivity index (χ0v) is 11.2. The van der Waals surface area contributed by atoms with Gasteiger partial charge in [-0.25, -0.2) is 0 Å². The zero-order valence-electron chi connectivity index (χ0n) is 11.2. The van der Waals surface area contributed by atoms with Crippen LogP contribution >= 0.6 is 0 Å². The van der Waals surface area contributed by atoms with Crippen LogP contribution in [0.2, 0.25) is 0 Å². The molecular formula is C16H19NO. The normalized spacial score (nSPS) is 13.1. The first-order valence-corrected chi connectivity index (χ1v) is 6.39.